The molecule has 2 aliphatic rings. The van der Waals surface area contributed by atoms with Crippen LogP contribution in [-0.2, 0) is 14.3 Å². The molecule has 0 atom stereocenters. The van der Waals surface area contributed by atoms with Crippen molar-refractivity contribution < 1.29 is 33.3 Å². The lowest BCUT2D eigenvalue weighted by atomic mass is 9.83. The third kappa shape index (κ3) is 7.19. The molecule has 0 aromatic heterocycles. The van der Waals surface area contributed by atoms with E-state index in [0.29, 0.717) is 66.7 Å². The van der Waals surface area contributed by atoms with E-state index < -0.39 is 0 Å². The molecule has 9 nitrogen and oxygen atoms in total. The quantitative estimate of drug-likeness (QED) is 0.488. The van der Waals surface area contributed by atoms with Crippen LogP contribution < -0.4 is 24.3 Å². The molecule has 0 spiro atoms. The van der Waals surface area contributed by atoms with Crippen LogP contribution in [0.5, 0.6) is 23.0 Å². The summed E-state index contributed by atoms with van der Waals surface area (Å²) in [6.07, 6.45) is 4.55. The van der Waals surface area contributed by atoms with Gasteiger partial charge in [0.1, 0.15) is 0 Å². The maximum Gasteiger partial charge on any atom is 0.234 e. The second kappa shape index (κ2) is 13.3. The van der Waals surface area contributed by atoms with Crippen LogP contribution in [-0.4, -0.2) is 83.9 Å². The van der Waals surface area contributed by atoms with Gasteiger partial charge in [-0.3, -0.25) is 14.5 Å². The number of hydrogen-bond donors (Lipinski definition) is 1. The predicted molar refractivity (Wildman–Crippen MR) is 148 cm³/mol. The Morgan fingerprint density at radius 2 is 1.33 bits per heavy atom. The van der Waals surface area contributed by atoms with Gasteiger partial charge in [-0.1, -0.05) is 12.1 Å². The molecule has 208 valence electrons. The Bertz CT molecular complexity index is 1170. The zero-order valence-electron chi connectivity index (χ0n) is 23.0. The van der Waals surface area contributed by atoms with E-state index in [1.807, 2.05) is 36.4 Å². The minimum Gasteiger partial charge on any atom is -0.493 e. The predicted octanol–water partition coefficient (Wildman–Crippen LogP) is 3.37. The molecule has 0 bridgehead atoms. The van der Waals surface area contributed by atoms with Crippen molar-refractivity contribution >= 4 is 23.8 Å². The number of amides is 1. The van der Waals surface area contributed by atoms with Gasteiger partial charge in [-0.25, -0.2) is 0 Å². The molecule has 1 saturated carbocycles. The molecular weight excluding hydrogens is 500 g/mol. The lowest BCUT2D eigenvalue weighted by Crippen LogP contribution is -2.47. The van der Waals surface area contributed by atoms with E-state index in [1.165, 1.54) is 0 Å². The number of morpholine rings is 1. The van der Waals surface area contributed by atoms with Crippen molar-refractivity contribution in [2.45, 2.75) is 18.9 Å². The number of hydrogen-bond acceptors (Lipinski definition) is 8. The summed E-state index contributed by atoms with van der Waals surface area (Å²) in [7, 11) is 6.31. The Morgan fingerprint density at radius 3 is 1.79 bits per heavy atom. The first-order valence-corrected chi connectivity index (χ1v) is 12.9. The van der Waals surface area contributed by atoms with Crippen molar-refractivity contribution in [1.29, 1.82) is 0 Å². The van der Waals surface area contributed by atoms with Crippen LogP contribution in [0.25, 0.3) is 12.2 Å². The molecule has 1 N–H and O–H groups in total. The summed E-state index contributed by atoms with van der Waals surface area (Å²) in [5.74, 6) is 2.25. The topological polar surface area (TPSA) is 95.6 Å². The molecule has 2 fully saturated rings. The second-order valence-electron chi connectivity index (χ2n) is 9.46. The SMILES string of the molecule is COc1ccc(/C=C2\CC(NC(=O)CN3CCOCC3)C/C(=C\c3ccc(OC)c(OC)c3)C2=O)cc1OC. The molecule has 1 aliphatic carbocycles. The van der Waals surface area contributed by atoms with E-state index in [-0.39, 0.29) is 17.7 Å². The first-order chi connectivity index (χ1) is 18.9. The number of ether oxygens (including phenoxy) is 5. The van der Waals surface area contributed by atoms with Crippen molar-refractivity contribution in [2.24, 2.45) is 0 Å². The molecule has 1 saturated heterocycles. The number of rotatable bonds is 9. The van der Waals surface area contributed by atoms with E-state index in [4.69, 9.17) is 23.7 Å². The monoisotopic (exact) mass is 536 g/mol. The zero-order valence-corrected chi connectivity index (χ0v) is 23.0. The summed E-state index contributed by atoms with van der Waals surface area (Å²) in [5, 5.41) is 3.16. The van der Waals surface area contributed by atoms with Crippen LogP contribution in [0.2, 0.25) is 0 Å². The van der Waals surface area contributed by atoms with Crippen molar-refractivity contribution in [3.8, 4) is 23.0 Å². The Balaban J connectivity index is 1.63. The number of carbonyl (C=O) groups excluding carboxylic acids is 2. The van der Waals surface area contributed by atoms with Gasteiger partial charge in [-0.15, -0.1) is 0 Å². The maximum atomic E-state index is 13.7. The van der Waals surface area contributed by atoms with Gasteiger partial charge in [-0.2, -0.15) is 0 Å². The lowest BCUT2D eigenvalue weighted by molar-refractivity contribution is -0.124. The third-order valence-electron chi connectivity index (χ3n) is 6.85. The van der Waals surface area contributed by atoms with Crippen LogP contribution in [0.15, 0.2) is 47.5 Å². The minimum absolute atomic E-state index is 0.0572. The summed E-state index contributed by atoms with van der Waals surface area (Å²) in [5.41, 5.74) is 2.83. The fourth-order valence-corrected chi connectivity index (χ4v) is 4.87. The Hall–Kier alpha value is -3.82. The number of methoxy groups -OCH3 is 4. The van der Waals surface area contributed by atoms with Gasteiger partial charge >= 0.3 is 0 Å². The standard InChI is InChI=1S/C30H36N2O7/c1-35-25-7-5-20(15-27(25)37-3)13-22-17-24(31-29(33)19-32-9-11-39-12-10-32)18-23(30(22)34)14-21-6-8-26(36-2)28(16-21)38-4/h5-8,13-16,24H,9-12,17-19H2,1-4H3,(H,31,33)/b22-13+,23-14+. The molecular formula is C30H36N2O7. The van der Waals surface area contributed by atoms with Crippen LogP contribution in [0, 0.1) is 0 Å². The molecule has 4 rings (SSSR count). The molecule has 1 amide bonds. The normalized spacial score (nSPS) is 20.1. The molecule has 1 heterocycles. The molecule has 1 aliphatic heterocycles. The average Bonchev–Trinajstić information content (AvgIpc) is 2.95. The smallest absolute Gasteiger partial charge is 0.234 e. The highest BCUT2D eigenvalue weighted by atomic mass is 16.5. The summed E-state index contributed by atoms with van der Waals surface area (Å²) in [4.78, 5) is 28.7. The number of nitrogens with zero attached hydrogens (tertiary/aromatic N) is 1. The number of carbonyl (C=O) groups is 2. The lowest BCUT2D eigenvalue weighted by Gasteiger charge is -2.29. The zero-order chi connectivity index (χ0) is 27.8. The summed E-state index contributed by atoms with van der Waals surface area (Å²) in [6, 6.07) is 10.8. The summed E-state index contributed by atoms with van der Waals surface area (Å²) in [6.45, 7) is 3.01. The largest absolute Gasteiger partial charge is 0.493 e. The van der Waals surface area contributed by atoms with E-state index >= 15 is 0 Å². The molecule has 2 aromatic rings. The van der Waals surface area contributed by atoms with Crippen LogP contribution >= 0.6 is 0 Å². The molecule has 9 heteroatoms. The van der Waals surface area contributed by atoms with Gasteiger partial charge in [0.15, 0.2) is 28.8 Å². The van der Waals surface area contributed by atoms with E-state index in [9.17, 15) is 9.59 Å². The van der Waals surface area contributed by atoms with Crippen molar-refractivity contribution in [2.75, 3.05) is 61.3 Å². The van der Waals surface area contributed by atoms with Gasteiger partial charge in [0, 0.05) is 30.3 Å². The average molecular weight is 537 g/mol. The number of ketones is 1. The van der Waals surface area contributed by atoms with Crippen LogP contribution in [0.1, 0.15) is 24.0 Å². The van der Waals surface area contributed by atoms with Crippen LogP contribution in [0.4, 0.5) is 0 Å². The van der Waals surface area contributed by atoms with Gasteiger partial charge in [0.2, 0.25) is 5.91 Å². The van der Waals surface area contributed by atoms with E-state index in [2.05, 4.69) is 10.2 Å². The minimum atomic E-state index is -0.228. The Labute approximate surface area is 229 Å². The molecule has 0 unspecified atom stereocenters. The Morgan fingerprint density at radius 1 is 0.846 bits per heavy atom. The fraction of sp³-hybridized carbons (Fsp3) is 0.400. The number of benzene rings is 2. The molecule has 0 radical (unpaired) electrons. The van der Waals surface area contributed by atoms with E-state index in [0.717, 1.165) is 24.2 Å². The van der Waals surface area contributed by atoms with E-state index in [1.54, 1.807) is 40.6 Å². The second-order valence-corrected chi connectivity index (χ2v) is 9.46. The van der Waals surface area contributed by atoms with Gasteiger partial charge in [-0.05, 0) is 60.4 Å². The first-order valence-electron chi connectivity index (χ1n) is 12.9. The summed E-state index contributed by atoms with van der Waals surface area (Å²) < 4.78 is 26.9. The maximum absolute atomic E-state index is 13.7. The highest BCUT2D eigenvalue weighted by Crippen LogP contribution is 2.33. The highest BCUT2D eigenvalue weighted by Gasteiger charge is 2.29. The van der Waals surface area contributed by atoms with Crippen molar-refractivity contribution in [3.63, 3.8) is 0 Å². The van der Waals surface area contributed by atoms with Gasteiger partial charge in [0.05, 0.1) is 48.2 Å². The third-order valence-corrected chi connectivity index (χ3v) is 6.85. The van der Waals surface area contributed by atoms with Crippen molar-refractivity contribution in [1.82, 2.24) is 10.2 Å². The number of Topliss-reactive ketones (excluding diaryl/α,β-unsaturated/α-hetero) is 1. The molecule has 2 aromatic carbocycles. The van der Waals surface area contributed by atoms with Crippen LogP contribution in [0.3, 0.4) is 0 Å². The summed E-state index contributed by atoms with van der Waals surface area (Å²) >= 11 is 0. The van der Waals surface area contributed by atoms with Gasteiger partial charge in [0.25, 0.3) is 0 Å². The molecule has 39 heavy (non-hydrogen) atoms. The van der Waals surface area contributed by atoms with Crippen molar-refractivity contribution in [3.05, 3.63) is 58.7 Å². The highest BCUT2D eigenvalue weighted by molar-refractivity contribution is 6.14. The first kappa shape index (κ1) is 28.2. The fourth-order valence-electron chi connectivity index (χ4n) is 4.87. The number of nitrogens with one attached hydrogen (secondary N) is 1. The Kier molecular flexibility index (Phi) is 9.62. The van der Waals surface area contributed by atoms with Gasteiger partial charge < -0.3 is 29.0 Å².